The minimum Gasteiger partial charge on any atom is -0.478 e. The smallest absolute Gasteiger partial charge is 0.339 e. The number of rotatable bonds is 1. The zero-order valence-electron chi connectivity index (χ0n) is 12.4. The van der Waals surface area contributed by atoms with Crippen molar-refractivity contribution in [2.24, 2.45) is 0 Å². The van der Waals surface area contributed by atoms with Crippen molar-refractivity contribution >= 4 is 11.0 Å². The number of benzene rings is 1. The summed E-state index contributed by atoms with van der Waals surface area (Å²) in [6, 6.07) is 4.47. The molecular weight excluding hydrogens is 266 g/mol. The van der Waals surface area contributed by atoms with E-state index in [0.717, 1.165) is 53.7 Å². The lowest BCUT2D eigenvalue weighted by Crippen LogP contribution is -2.37. The summed E-state index contributed by atoms with van der Waals surface area (Å²) in [6.45, 7) is 5.65. The van der Waals surface area contributed by atoms with Crippen molar-refractivity contribution in [3.8, 4) is 5.75 Å². The second kappa shape index (κ2) is 4.60. The quantitative estimate of drug-likeness (QED) is 0.756. The van der Waals surface area contributed by atoms with Crippen molar-refractivity contribution < 1.29 is 9.15 Å². The normalized spacial score (nSPS) is 17.9. The van der Waals surface area contributed by atoms with E-state index in [1.807, 2.05) is 12.1 Å². The molecule has 0 spiro atoms. The fraction of sp³-hybridized carbons (Fsp3) is 0.471. The molecule has 0 saturated heterocycles. The Morgan fingerprint density at radius 1 is 1.14 bits per heavy atom. The summed E-state index contributed by atoms with van der Waals surface area (Å²) in [7, 11) is 0. The van der Waals surface area contributed by atoms with E-state index < -0.39 is 0 Å². The van der Waals surface area contributed by atoms with Crippen LogP contribution in [0.3, 0.4) is 0 Å². The molecule has 0 saturated carbocycles. The molecule has 1 aromatic heterocycles. The summed E-state index contributed by atoms with van der Waals surface area (Å²) < 4.78 is 11.5. The maximum Gasteiger partial charge on any atom is 0.339 e. The van der Waals surface area contributed by atoms with Gasteiger partial charge in [0.2, 0.25) is 0 Å². The van der Waals surface area contributed by atoms with Gasteiger partial charge in [0.25, 0.3) is 0 Å². The SMILES string of the molecule is CC(C)N1COc2ccc3c4c(c(=O)oc3c2C1)CCC4. The van der Waals surface area contributed by atoms with E-state index in [1.54, 1.807) is 0 Å². The van der Waals surface area contributed by atoms with Crippen LogP contribution in [0.4, 0.5) is 0 Å². The molecule has 1 aliphatic carbocycles. The topological polar surface area (TPSA) is 42.7 Å². The standard InChI is InChI=1S/C17H19NO3/c1-10(2)18-8-14-15(20-9-18)7-6-12-11-4-3-5-13(11)17(19)21-16(12)14/h6-7,10H,3-5,8-9H2,1-2H3. The van der Waals surface area contributed by atoms with Crippen molar-refractivity contribution in [3.05, 3.63) is 39.2 Å². The van der Waals surface area contributed by atoms with Gasteiger partial charge in [-0.1, -0.05) is 0 Å². The van der Waals surface area contributed by atoms with Crippen LogP contribution >= 0.6 is 0 Å². The number of aryl methyl sites for hydroxylation is 1. The number of nitrogens with zero attached hydrogens (tertiary/aromatic N) is 1. The Hall–Kier alpha value is -1.81. The molecule has 2 aliphatic rings. The second-order valence-corrected chi connectivity index (χ2v) is 6.23. The predicted octanol–water partition coefficient (Wildman–Crippen LogP) is 2.84. The molecule has 1 aliphatic heterocycles. The van der Waals surface area contributed by atoms with Crippen LogP contribution in [0.25, 0.3) is 11.0 Å². The van der Waals surface area contributed by atoms with Crippen molar-refractivity contribution in [1.29, 1.82) is 0 Å². The highest BCUT2D eigenvalue weighted by Crippen LogP contribution is 2.36. The molecule has 0 unspecified atom stereocenters. The molecule has 0 atom stereocenters. The van der Waals surface area contributed by atoms with Gasteiger partial charge >= 0.3 is 5.63 Å². The Kier molecular flexibility index (Phi) is 2.82. The average molecular weight is 285 g/mol. The largest absolute Gasteiger partial charge is 0.478 e. The molecule has 0 amide bonds. The van der Waals surface area contributed by atoms with Crippen LogP contribution in [0, 0.1) is 0 Å². The maximum absolute atomic E-state index is 12.2. The fourth-order valence-corrected chi connectivity index (χ4v) is 3.40. The lowest BCUT2D eigenvalue weighted by molar-refractivity contribution is 0.0689. The summed E-state index contributed by atoms with van der Waals surface area (Å²) >= 11 is 0. The van der Waals surface area contributed by atoms with Gasteiger partial charge in [0, 0.05) is 23.5 Å². The zero-order valence-corrected chi connectivity index (χ0v) is 12.4. The zero-order chi connectivity index (χ0) is 14.6. The van der Waals surface area contributed by atoms with Gasteiger partial charge in [0.1, 0.15) is 18.1 Å². The first-order valence-corrected chi connectivity index (χ1v) is 7.62. The first kappa shape index (κ1) is 12.9. The van der Waals surface area contributed by atoms with Gasteiger partial charge < -0.3 is 9.15 Å². The van der Waals surface area contributed by atoms with Crippen molar-refractivity contribution in [3.63, 3.8) is 0 Å². The van der Waals surface area contributed by atoms with E-state index in [1.165, 1.54) is 5.56 Å². The summed E-state index contributed by atoms with van der Waals surface area (Å²) in [5.74, 6) is 0.848. The minimum atomic E-state index is -0.162. The Bertz CT molecular complexity index is 776. The summed E-state index contributed by atoms with van der Waals surface area (Å²) in [6.07, 6.45) is 2.87. The second-order valence-electron chi connectivity index (χ2n) is 6.23. The molecule has 0 radical (unpaired) electrons. The van der Waals surface area contributed by atoms with Gasteiger partial charge in [-0.05, 0) is 50.8 Å². The van der Waals surface area contributed by atoms with E-state index in [0.29, 0.717) is 12.8 Å². The van der Waals surface area contributed by atoms with Crippen LogP contribution in [0.1, 0.15) is 37.0 Å². The molecule has 2 heterocycles. The predicted molar refractivity (Wildman–Crippen MR) is 80.7 cm³/mol. The van der Waals surface area contributed by atoms with Crippen LogP contribution in [0.2, 0.25) is 0 Å². The molecule has 0 fully saturated rings. The average Bonchev–Trinajstić information content (AvgIpc) is 2.97. The van der Waals surface area contributed by atoms with Gasteiger partial charge in [-0.3, -0.25) is 4.90 Å². The monoisotopic (exact) mass is 285 g/mol. The van der Waals surface area contributed by atoms with Crippen LogP contribution in [-0.4, -0.2) is 17.7 Å². The van der Waals surface area contributed by atoms with Crippen molar-refractivity contribution in [2.75, 3.05) is 6.73 Å². The Labute approximate surface area is 123 Å². The van der Waals surface area contributed by atoms with Crippen LogP contribution in [0.5, 0.6) is 5.75 Å². The maximum atomic E-state index is 12.2. The molecule has 4 nitrogen and oxygen atoms in total. The summed E-state index contributed by atoms with van der Waals surface area (Å²) in [5, 5.41) is 1.09. The molecule has 0 N–H and O–H groups in total. The van der Waals surface area contributed by atoms with E-state index in [9.17, 15) is 4.79 Å². The van der Waals surface area contributed by atoms with Gasteiger partial charge in [-0.25, -0.2) is 4.79 Å². The van der Waals surface area contributed by atoms with Crippen LogP contribution < -0.4 is 10.4 Å². The lowest BCUT2D eigenvalue weighted by atomic mass is 10.0. The molecule has 0 bridgehead atoms. The highest BCUT2D eigenvalue weighted by molar-refractivity contribution is 5.86. The van der Waals surface area contributed by atoms with Crippen molar-refractivity contribution in [1.82, 2.24) is 4.90 Å². The molecule has 2 aromatic rings. The van der Waals surface area contributed by atoms with E-state index in [-0.39, 0.29) is 5.63 Å². The highest BCUT2D eigenvalue weighted by atomic mass is 16.5. The van der Waals surface area contributed by atoms with Gasteiger partial charge in [-0.2, -0.15) is 0 Å². The van der Waals surface area contributed by atoms with Crippen LogP contribution in [-0.2, 0) is 19.4 Å². The highest BCUT2D eigenvalue weighted by Gasteiger charge is 2.26. The third-order valence-corrected chi connectivity index (χ3v) is 4.68. The molecule has 110 valence electrons. The molecule has 21 heavy (non-hydrogen) atoms. The molecule has 1 aromatic carbocycles. The first-order valence-electron chi connectivity index (χ1n) is 7.62. The first-order chi connectivity index (χ1) is 10.1. The van der Waals surface area contributed by atoms with Crippen molar-refractivity contribution in [2.45, 2.75) is 45.7 Å². The minimum absolute atomic E-state index is 0.162. The molecule has 4 rings (SSSR count). The van der Waals surface area contributed by atoms with Gasteiger partial charge in [0.15, 0.2) is 0 Å². The third kappa shape index (κ3) is 1.89. The fourth-order valence-electron chi connectivity index (χ4n) is 3.40. The van der Waals surface area contributed by atoms with E-state index >= 15 is 0 Å². The Balaban J connectivity index is 1.96. The number of hydrogen-bond donors (Lipinski definition) is 0. The van der Waals surface area contributed by atoms with E-state index in [4.69, 9.17) is 9.15 Å². The number of ether oxygens (including phenoxy) is 1. The van der Waals surface area contributed by atoms with Gasteiger partial charge in [-0.15, -0.1) is 0 Å². The Morgan fingerprint density at radius 3 is 2.76 bits per heavy atom. The Morgan fingerprint density at radius 2 is 1.95 bits per heavy atom. The number of hydrogen-bond acceptors (Lipinski definition) is 4. The molecular formula is C17H19NO3. The summed E-state index contributed by atoms with van der Waals surface area (Å²) in [4.78, 5) is 14.4. The summed E-state index contributed by atoms with van der Waals surface area (Å²) in [5.41, 5.74) is 3.64. The lowest BCUT2D eigenvalue weighted by Gasteiger charge is -2.32. The van der Waals surface area contributed by atoms with E-state index in [2.05, 4.69) is 18.7 Å². The third-order valence-electron chi connectivity index (χ3n) is 4.68. The van der Waals surface area contributed by atoms with Gasteiger partial charge in [0.05, 0.1) is 5.56 Å². The van der Waals surface area contributed by atoms with Crippen LogP contribution in [0.15, 0.2) is 21.3 Å². The number of fused-ring (bicyclic) bond motifs is 5. The molecule has 4 heteroatoms.